The minimum Gasteiger partial charge on any atom is -0.399 e. The lowest BCUT2D eigenvalue weighted by atomic mass is 10.1. The Labute approximate surface area is 108 Å². The standard InChI is InChI=1S/C13H11F2N3O/c14-10-5-7(16)1-3-9(10)13(19)18-8-2-4-12(17)11(15)6-8/h1-6H,16-17H2,(H,18,19). The zero-order valence-corrected chi connectivity index (χ0v) is 9.78. The molecule has 2 rings (SSSR count). The van der Waals surface area contributed by atoms with E-state index in [-0.39, 0.29) is 22.6 Å². The summed E-state index contributed by atoms with van der Waals surface area (Å²) in [6.07, 6.45) is 0. The maximum Gasteiger partial charge on any atom is 0.258 e. The lowest BCUT2D eigenvalue weighted by molar-refractivity contribution is 0.102. The second kappa shape index (κ2) is 4.93. The maximum absolute atomic E-state index is 13.5. The molecule has 2 aromatic rings. The molecule has 0 saturated heterocycles. The predicted molar refractivity (Wildman–Crippen MR) is 69.6 cm³/mol. The van der Waals surface area contributed by atoms with Gasteiger partial charge >= 0.3 is 0 Å². The summed E-state index contributed by atoms with van der Waals surface area (Å²) in [5.41, 5.74) is 10.9. The Kier molecular flexibility index (Phi) is 3.33. The Morgan fingerprint density at radius 1 is 1.00 bits per heavy atom. The molecule has 5 N–H and O–H groups in total. The van der Waals surface area contributed by atoms with E-state index in [0.29, 0.717) is 0 Å². The van der Waals surface area contributed by atoms with Crippen LogP contribution in [-0.4, -0.2) is 5.91 Å². The van der Waals surface area contributed by atoms with E-state index in [4.69, 9.17) is 11.5 Å². The lowest BCUT2D eigenvalue weighted by Crippen LogP contribution is -2.14. The zero-order valence-electron chi connectivity index (χ0n) is 9.78. The van der Waals surface area contributed by atoms with Crippen molar-refractivity contribution in [3.8, 4) is 0 Å². The molecule has 0 spiro atoms. The summed E-state index contributed by atoms with van der Waals surface area (Å²) in [4.78, 5) is 11.8. The zero-order chi connectivity index (χ0) is 14.0. The van der Waals surface area contributed by atoms with Gasteiger partial charge in [-0.1, -0.05) is 0 Å². The number of rotatable bonds is 2. The second-order valence-electron chi connectivity index (χ2n) is 3.93. The van der Waals surface area contributed by atoms with E-state index in [1.165, 1.54) is 24.3 Å². The van der Waals surface area contributed by atoms with Crippen LogP contribution < -0.4 is 16.8 Å². The summed E-state index contributed by atoms with van der Waals surface area (Å²) in [5.74, 6) is -2.09. The summed E-state index contributed by atoms with van der Waals surface area (Å²) in [6.45, 7) is 0. The van der Waals surface area contributed by atoms with Gasteiger partial charge in [0.25, 0.3) is 5.91 Å². The fraction of sp³-hybridized carbons (Fsp3) is 0. The SMILES string of the molecule is Nc1ccc(C(=O)Nc2ccc(N)c(F)c2)c(F)c1. The van der Waals surface area contributed by atoms with E-state index in [1.807, 2.05) is 0 Å². The molecule has 0 aliphatic heterocycles. The molecule has 98 valence electrons. The minimum atomic E-state index is -0.742. The molecule has 0 heterocycles. The number of hydrogen-bond donors (Lipinski definition) is 3. The first-order chi connectivity index (χ1) is 8.97. The summed E-state index contributed by atoms with van der Waals surface area (Å²) >= 11 is 0. The molecular formula is C13H11F2N3O. The van der Waals surface area contributed by atoms with E-state index >= 15 is 0 Å². The molecule has 19 heavy (non-hydrogen) atoms. The third kappa shape index (κ3) is 2.79. The van der Waals surface area contributed by atoms with Gasteiger partial charge in [0.15, 0.2) is 0 Å². The Morgan fingerprint density at radius 3 is 2.37 bits per heavy atom. The quantitative estimate of drug-likeness (QED) is 0.727. The van der Waals surface area contributed by atoms with Crippen molar-refractivity contribution in [3.05, 3.63) is 53.6 Å². The minimum absolute atomic E-state index is 0.0309. The second-order valence-corrected chi connectivity index (χ2v) is 3.93. The van der Waals surface area contributed by atoms with Gasteiger partial charge in [-0.15, -0.1) is 0 Å². The van der Waals surface area contributed by atoms with Crippen LogP contribution in [0.5, 0.6) is 0 Å². The van der Waals surface area contributed by atoms with Gasteiger partial charge in [-0.2, -0.15) is 0 Å². The summed E-state index contributed by atoms with van der Waals surface area (Å²) in [6, 6.07) is 7.49. The smallest absolute Gasteiger partial charge is 0.258 e. The number of halogens is 2. The molecule has 0 fully saturated rings. The molecule has 0 aromatic heterocycles. The summed E-state index contributed by atoms with van der Waals surface area (Å²) in [7, 11) is 0. The first-order valence-electron chi connectivity index (χ1n) is 5.39. The highest BCUT2D eigenvalue weighted by Crippen LogP contribution is 2.18. The van der Waals surface area contributed by atoms with Crippen LogP contribution in [-0.2, 0) is 0 Å². The predicted octanol–water partition coefficient (Wildman–Crippen LogP) is 2.38. The van der Waals surface area contributed by atoms with Gasteiger partial charge in [0.05, 0.1) is 11.3 Å². The van der Waals surface area contributed by atoms with Gasteiger partial charge in [0, 0.05) is 11.4 Å². The molecule has 0 aliphatic carbocycles. The van der Waals surface area contributed by atoms with E-state index in [2.05, 4.69) is 5.32 Å². The number of nitrogen functional groups attached to an aromatic ring is 2. The number of amides is 1. The van der Waals surface area contributed by atoms with E-state index in [1.54, 1.807) is 0 Å². The van der Waals surface area contributed by atoms with Gasteiger partial charge in [-0.3, -0.25) is 4.79 Å². The van der Waals surface area contributed by atoms with Crippen molar-refractivity contribution in [2.24, 2.45) is 0 Å². The fourth-order valence-corrected chi connectivity index (χ4v) is 1.52. The summed E-state index contributed by atoms with van der Waals surface area (Å²) < 4.78 is 26.7. The van der Waals surface area contributed by atoms with Crippen LogP contribution in [0.4, 0.5) is 25.8 Å². The number of nitrogens with two attached hydrogens (primary N) is 2. The molecule has 0 radical (unpaired) electrons. The Bertz CT molecular complexity index is 644. The monoisotopic (exact) mass is 263 g/mol. The third-order valence-electron chi connectivity index (χ3n) is 2.50. The number of anilines is 3. The molecule has 0 saturated carbocycles. The van der Waals surface area contributed by atoms with Crippen LogP contribution in [0.3, 0.4) is 0 Å². The first-order valence-corrected chi connectivity index (χ1v) is 5.39. The van der Waals surface area contributed by atoms with Crippen molar-refractivity contribution >= 4 is 23.0 Å². The van der Waals surface area contributed by atoms with Gasteiger partial charge in [-0.05, 0) is 36.4 Å². The van der Waals surface area contributed by atoms with E-state index < -0.39 is 17.5 Å². The van der Waals surface area contributed by atoms with Gasteiger partial charge < -0.3 is 16.8 Å². The van der Waals surface area contributed by atoms with Crippen LogP contribution in [0.25, 0.3) is 0 Å². The van der Waals surface area contributed by atoms with Crippen molar-refractivity contribution in [1.29, 1.82) is 0 Å². The normalized spacial score (nSPS) is 10.2. The molecule has 6 heteroatoms. The Morgan fingerprint density at radius 2 is 1.74 bits per heavy atom. The van der Waals surface area contributed by atoms with Crippen LogP contribution in [0, 0.1) is 11.6 Å². The maximum atomic E-state index is 13.5. The van der Waals surface area contributed by atoms with Crippen molar-refractivity contribution < 1.29 is 13.6 Å². The summed E-state index contributed by atoms with van der Waals surface area (Å²) in [5, 5.41) is 2.37. The molecule has 1 amide bonds. The third-order valence-corrected chi connectivity index (χ3v) is 2.50. The molecule has 0 atom stereocenters. The topological polar surface area (TPSA) is 81.1 Å². The molecule has 0 unspecified atom stereocenters. The van der Waals surface area contributed by atoms with Crippen molar-refractivity contribution in [2.75, 3.05) is 16.8 Å². The fourth-order valence-electron chi connectivity index (χ4n) is 1.52. The van der Waals surface area contributed by atoms with Crippen LogP contribution in [0.2, 0.25) is 0 Å². The molecule has 0 bridgehead atoms. The van der Waals surface area contributed by atoms with Crippen molar-refractivity contribution in [2.45, 2.75) is 0 Å². The highest BCUT2D eigenvalue weighted by Gasteiger charge is 2.12. The number of nitrogens with one attached hydrogen (secondary N) is 1. The largest absolute Gasteiger partial charge is 0.399 e. The Balaban J connectivity index is 2.23. The Hall–Kier alpha value is -2.63. The van der Waals surface area contributed by atoms with E-state index in [9.17, 15) is 13.6 Å². The average Bonchev–Trinajstić information content (AvgIpc) is 2.33. The molecule has 4 nitrogen and oxygen atoms in total. The van der Waals surface area contributed by atoms with Gasteiger partial charge in [0.1, 0.15) is 11.6 Å². The molecule has 2 aromatic carbocycles. The van der Waals surface area contributed by atoms with Crippen LogP contribution in [0.1, 0.15) is 10.4 Å². The average molecular weight is 263 g/mol. The van der Waals surface area contributed by atoms with Crippen molar-refractivity contribution in [1.82, 2.24) is 0 Å². The molecular weight excluding hydrogens is 252 g/mol. The first kappa shape index (κ1) is 12.8. The highest BCUT2D eigenvalue weighted by atomic mass is 19.1. The number of hydrogen-bond acceptors (Lipinski definition) is 3. The highest BCUT2D eigenvalue weighted by molar-refractivity contribution is 6.04. The lowest BCUT2D eigenvalue weighted by Gasteiger charge is -2.07. The van der Waals surface area contributed by atoms with Gasteiger partial charge in [0.2, 0.25) is 0 Å². The number of benzene rings is 2. The van der Waals surface area contributed by atoms with Crippen molar-refractivity contribution in [3.63, 3.8) is 0 Å². The van der Waals surface area contributed by atoms with Gasteiger partial charge in [-0.25, -0.2) is 8.78 Å². The number of carbonyl (C=O) groups is 1. The van der Waals surface area contributed by atoms with Crippen LogP contribution >= 0.6 is 0 Å². The number of carbonyl (C=O) groups excluding carboxylic acids is 1. The van der Waals surface area contributed by atoms with E-state index in [0.717, 1.165) is 12.1 Å². The molecule has 0 aliphatic rings. The van der Waals surface area contributed by atoms with Crippen LogP contribution in [0.15, 0.2) is 36.4 Å².